The third-order valence-electron chi connectivity index (χ3n) is 3.43. The van der Waals surface area contributed by atoms with Crippen molar-refractivity contribution < 1.29 is 24.7 Å². The Hall–Kier alpha value is -2.41. The van der Waals surface area contributed by atoms with Crippen molar-refractivity contribution in [1.82, 2.24) is 0 Å². The third kappa shape index (κ3) is 3.25. The zero-order valence-electron chi connectivity index (χ0n) is 11.9. The smallest absolute Gasteiger partial charge is 0.351 e. The number of aliphatic hydroxyl groups excluding tert-OH is 1. The van der Waals surface area contributed by atoms with Crippen LogP contribution in [-0.4, -0.2) is 26.7 Å². The van der Waals surface area contributed by atoms with Crippen molar-refractivity contribution in [3.05, 3.63) is 56.6 Å². The van der Waals surface area contributed by atoms with Crippen molar-refractivity contribution in [2.45, 2.75) is 25.7 Å². The molecular weight excluding hydrogens is 314 g/mol. The van der Waals surface area contributed by atoms with Gasteiger partial charge in [0.1, 0.15) is 17.0 Å². The van der Waals surface area contributed by atoms with Gasteiger partial charge in [-0.2, -0.15) is 0 Å². The lowest BCUT2D eigenvalue weighted by Gasteiger charge is -2.28. The number of carbonyl (C=O) groups excluding carboxylic acids is 2. The number of allylic oxidation sites excluding steroid dienone is 1. The van der Waals surface area contributed by atoms with E-state index in [1.54, 1.807) is 0 Å². The second-order valence-electron chi connectivity index (χ2n) is 4.73. The zero-order valence-corrected chi connectivity index (χ0v) is 12.6. The molecule has 2 N–H and O–H groups in total. The molecule has 0 amide bonds. The number of ketones is 2. The van der Waals surface area contributed by atoms with Crippen LogP contribution in [0.4, 0.5) is 0 Å². The van der Waals surface area contributed by atoms with Crippen LogP contribution in [0.15, 0.2) is 35.9 Å². The van der Waals surface area contributed by atoms with Gasteiger partial charge >= 0.3 is 11.6 Å². The number of hydrogen-bond donors (Lipinski definition) is 2. The molecule has 118 valence electrons. The van der Waals surface area contributed by atoms with Crippen LogP contribution in [0.5, 0.6) is 0 Å². The molecule has 0 aliphatic heterocycles. The normalized spacial score (nSPS) is 10.9. The number of nitro groups is 1. The van der Waals surface area contributed by atoms with Crippen LogP contribution in [0.1, 0.15) is 25.8 Å². The largest absolute Gasteiger partial charge is 0.476 e. The van der Waals surface area contributed by atoms with E-state index >= 15 is 0 Å². The summed E-state index contributed by atoms with van der Waals surface area (Å²) in [5, 5.41) is 29.3. The lowest BCUT2D eigenvalue weighted by atomic mass is 9.71. The molecule has 7 nitrogen and oxygen atoms in total. The molecule has 1 aromatic carbocycles. The third-order valence-corrected chi connectivity index (χ3v) is 3.67. The van der Waals surface area contributed by atoms with Crippen molar-refractivity contribution in [3.8, 4) is 0 Å². The summed E-state index contributed by atoms with van der Waals surface area (Å²) >= 11 is 5.85. The summed E-state index contributed by atoms with van der Waals surface area (Å²) in [6.07, 6.45) is -0.784. The fourth-order valence-corrected chi connectivity index (χ4v) is 2.43. The molecule has 0 bridgehead atoms. The number of nitrogens with zero attached hydrogens (tertiary/aromatic N) is 1. The lowest BCUT2D eigenvalue weighted by molar-refractivity contribution is -0.434. The van der Waals surface area contributed by atoms with Gasteiger partial charge in [0.25, 0.3) is 0 Å². The fourth-order valence-electron chi connectivity index (χ4n) is 2.24. The number of aliphatic hydroxyl groups is 2. The summed E-state index contributed by atoms with van der Waals surface area (Å²) in [5.41, 5.74) is -2.78. The Kier molecular flexibility index (Phi) is 5.27. The van der Waals surface area contributed by atoms with Crippen LogP contribution in [-0.2, 0) is 15.0 Å². The molecule has 8 heteroatoms. The molecule has 0 aliphatic rings. The van der Waals surface area contributed by atoms with E-state index < -0.39 is 40.0 Å². The number of carbonyl (C=O) groups is 2. The Morgan fingerprint density at radius 3 is 2.18 bits per heavy atom. The van der Waals surface area contributed by atoms with E-state index in [-0.39, 0.29) is 10.6 Å². The minimum absolute atomic E-state index is 0.153. The van der Waals surface area contributed by atoms with Gasteiger partial charge in [-0.15, -0.1) is 0 Å². The first-order valence-corrected chi connectivity index (χ1v) is 6.54. The van der Waals surface area contributed by atoms with Gasteiger partial charge in [0.2, 0.25) is 0 Å². The fraction of sp³-hybridized carbons (Fsp3) is 0.286. The van der Waals surface area contributed by atoms with E-state index in [1.807, 2.05) is 0 Å². The number of rotatable bonds is 6. The van der Waals surface area contributed by atoms with Gasteiger partial charge < -0.3 is 10.2 Å². The molecule has 0 atom stereocenters. The van der Waals surface area contributed by atoms with Crippen molar-refractivity contribution in [3.63, 3.8) is 0 Å². The van der Waals surface area contributed by atoms with E-state index in [1.165, 1.54) is 24.3 Å². The van der Waals surface area contributed by atoms with Crippen LogP contribution in [0.25, 0.3) is 0 Å². The van der Waals surface area contributed by atoms with Crippen LogP contribution >= 0.6 is 11.6 Å². The van der Waals surface area contributed by atoms with E-state index in [2.05, 4.69) is 0 Å². The maximum Gasteiger partial charge on any atom is 0.351 e. The van der Waals surface area contributed by atoms with Gasteiger partial charge in [-0.25, -0.2) is 0 Å². The van der Waals surface area contributed by atoms with Crippen molar-refractivity contribution in [2.75, 3.05) is 0 Å². The molecule has 0 spiro atoms. The van der Waals surface area contributed by atoms with Crippen molar-refractivity contribution in [2.24, 2.45) is 0 Å². The minimum Gasteiger partial charge on any atom is -0.476 e. The molecule has 0 radical (unpaired) electrons. The second kappa shape index (κ2) is 6.57. The molecule has 0 unspecified atom stereocenters. The number of Topliss-reactive ketones (excluding diaryl/α,β-unsaturated/α-hetero) is 2. The Morgan fingerprint density at radius 1 is 1.27 bits per heavy atom. The predicted molar refractivity (Wildman–Crippen MR) is 78.4 cm³/mol. The highest BCUT2D eigenvalue weighted by Crippen LogP contribution is 2.35. The SMILES string of the molecule is CC(=O)C(CC(=C(O)O)[N+](=O)[O-])(C(C)=O)c1cccc(Cl)c1. The van der Waals surface area contributed by atoms with Gasteiger partial charge in [-0.05, 0) is 31.5 Å². The van der Waals surface area contributed by atoms with Gasteiger partial charge in [-0.3, -0.25) is 19.7 Å². The summed E-state index contributed by atoms with van der Waals surface area (Å²) in [6.45, 7) is 2.21. The molecule has 0 saturated carbocycles. The molecule has 0 saturated heterocycles. The summed E-state index contributed by atoms with van der Waals surface area (Å²) in [7, 11) is 0. The first kappa shape index (κ1) is 17.6. The highest BCUT2D eigenvalue weighted by molar-refractivity contribution is 6.30. The molecule has 22 heavy (non-hydrogen) atoms. The Bertz CT molecular complexity index is 649. The second-order valence-corrected chi connectivity index (χ2v) is 5.17. The van der Waals surface area contributed by atoms with Crippen LogP contribution in [0.3, 0.4) is 0 Å². The molecule has 0 aromatic heterocycles. The first-order chi connectivity index (χ1) is 10.1. The average molecular weight is 328 g/mol. The molecule has 0 fully saturated rings. The van der Waals surface area contributed by atoms with Gasteiger partial charge in [-0.1, -0.05) is 23.7 Å². The molecule has 1 rings (SSSR count). The van der Waals surface area contributed by atoms with E-state index in [0.717, 1.165) is 13.8 Å². The quantitative estimate of drug-likeness (QED) is 0.359. The Morgan fingerprint density at radius 2 is 1.82 bits per heavy atom. The van der Waals surface area contributed by atoms with Gasteiger partial charge in [0, 0.05) is 5.02 Å². The van der Waals surface area contributed by atoms with Crippen LogP contribution < -0.4 is 0 Å². The van der Waals surface area contributed by atoms with Crippen LogP contribution in [0, 0.1) is 10.1 Å². The predicted octanol–water partition coefficient (Wildman–Crippen LogP) is 2.71. The summed E-state index contributed by atoms with van der Waals surface area (Å²) in [4.78, 5) is 34.2. The summed E-state index contributed by atoms with van der Waals surface area (Å²) in [5.74, 6) is -2.87. The standard InChI is InChI=1S/C14H14ClNO6/c1-8(17)14(9(2)18,7-12(13(19)20)16(21)22)10-4-3-5-11(15)6-10/h3-6,19-20H,7H2,1-2H3. The molecule has 0 aliphatic carbocycles. The Balaban J connectivity index is 3.61. The Labute approximate surface area is 131 Å². The van der Waals surface area contributed by atoms with Crippen molar-refractivity contribution in [1.29, 1.82) is 0 Å². The topological polar surface area (TPSA) is 118 Å². The summed E-state index contributed by atoms with van der Waals surface area (Å²) < 4.78 is 0. The minimum atomic E-state index is -1.91. The number of benzene rings is 1. The summed E-state index contributed by atoms with van der Waals surface area (Å²) in [6, 6.07) is 5.79. The molecular formula is C14H14ClNO6. The van der Waals surface area contributed by atoms with E-state index in [9.17, 15) is 19.7 Å². The van der Waals surface area contributed by atoms with E-state index in [0.29, 0.717) is 0 Å². The molecule has 1 aromatic rings. The molecule has 0 heterocycles. The maximum absolute atomic E-state index is 12.1. The number of halogens is 1. The number of hydrogen-bond acceptors (Lipinski definition) is 6. The monoisotopic (exact) mass is 327 g/mol. The lowest BCUT2D eigenvalue weighted by Crippen LogP contribution is -2.42. The van der Waals surface area contributed by atoms with Crippen molar-refractivity contribution >= 4 is 23.2 Å². The van der Waals surface area contributed by atoms with Crippen LogP contribution in [0.2, 0.25) is 5.02 Å². The first-order valence-electron chi connectivity index (χ1n) is 6.16. The van der Waals surface area contributed by atoms with Gasteiger partial charge in [0.15, 0.2) is 0 Å². The van der Waals surface area contributed by atoms with Gasteiger partial charge in [0.05, 0.1) is 11.3 Å². The average Bonchev–Trinajstić information content (AvgIpc) is 2.37. The highest BCUT2D eigenvalue weighted by Gasteiger charge is 2.47. The maximum atomic E-state index is 12.1. The highest BCUT2D eigenvalue weighted by atomic mass is 35.5. The zero-order chi connectivity index (χ0) is 17.1. The van der Waals surface area contributed by atoms with E-state index in [4.69, 9.17) is 21.8 Å².